The van der Waals surface area contributed by atoms with E-state index < -0.39 is 17.3 Å². The standard InChI is InChI=1S/C17H26FNO2/c1-16(2)13(15(20)17(3,4)21-16)11-19(5)10-12-8-6-7-9-14(12)18/h6-9,13,15,20H,10-11H2,1-5H3. The van der Waals surface area contributed by atoms with E-state index in [2.05, 4.69) is 0 Å². The molecule has 1 aromatic carbocycles. The van der Waals surface area contributed by atoms with Gasteiger partial charge in [0.15, 0.2) is 0 Å². The van der Waals surface area contributed by atoms with Gasteiger partial charge >= 0.3 is 0 Å². The minimum Gasteiger partial charge on any atom is -0.390 e. The predicted octanol–water partition coefficient (Wildman–Crippen LogP) is 2.82. The summed E-state index contributed by atoms with van der Waals surface area (Å²) in [4.78, 5) is 2.04. The monoisotopic (exact) mass is 295 g/mol. The van der Waals surface area contributed by atoms with Crippen LogP contribution in [-0.2, 0) is 11.3 Å². The molecule has 0 aliphatic carbocycles. The lowest BCUT2D eigenvalue weighted by molar-refractivity contribution is -0.0913. The average molecular weight is 295 g/mol. The summed E-state index contributed by atoms with van der Waals surface area (Å²) in [6, 6.07) is 6.80. The smallest absolute Gasteiger partial charge is 0.127 e. The summed E-state index contributed by atoms with van der Waals surface area (Å²) in [6.07, 6.45) is -0.532. The molecule has 2 atom stereocenters. The molecule has 0 aromatic heterocycles. The molecule has 2 unspecified atom stereocenters. The maximum absolute atomic E-state index is 13.7. The molecule has 2 rings (SSSR count). The number of halogens is 1. The Bertz CT molecular complexity index is 501. The summed E-state index contributed by atoms with van der Waals surface area (Å²) >= 11 is 0. The molecule has 1 heterocycles. The van der Waals surface area contributed by atoms with Crippen molar-refractivity contribution >= 4 is 0 Å². The molecule has 4 heteroatoms. The van der Waals surface area contributed by atoms with Gasteiger partial charge in [0.05, 0.1) is 17.3 Å². The van der Waals surface area contributed by atoms with Gasteiger partial charge < -0.3 is 14.7 Å². The van der Waals surface area contributed by atoms with Crippen molar-refractivity contribution in [3.8, 4) is 0 Å². The number of hydrogen-bond acceptors (Lipinski definition) is 3. The van der Waals surface area contributed by atoms with Crippen molar-refractivity contribution in [1.29, 1.82) is 0 Å². The van der Waals surface area contributed by atoms with Crippen LogP contribution >= 0.6 is 0 Å². The zero-order valence-electron chi connectivity index (χ0n) is 13.6. The van der Waals surface area contributed by atoms with E-state index in [-0.39, 0.29) is 11.7 Å². The summed E-state index contributed by atoms with van der Waals surface area (Å²) < 4.78 is 19.7. The number of rotatable bonds is 4. The lowest BCUT2D eigenvalue weighted by atomic mass is 9.84. The first-order chi connectivity index (χ1) is 9.63. The largest absolute Gasteiger partial charge is 0.390 e. The van der Waals surface area contributed by atoms with E-state index in [4.69, 9.17) is 4.74 Å². The maximum atomic E-state index is 13.7. The SMILES string of the molecule is CN(Cc1ccccc1F)CC1C(O)C(C)(C)OC1(C)C. The third kappa shape index (κ3) is 3.44. The van der Waals surface area contributed by atoms with Crippen molar-refractivity contribution in [2.24, 2.45) is 5.92 Å². The molecule has 1 saturated heterocycles. The van der Waals surface area contributed by atoms with Crippen LogP contribution in [-0.4, -0.2) is 40.9 Å². The minimum absolute atomic E-state index is 0.00993. The van der Waals surface area contributed by atoms with E-state index in [9.17, 15) is 9.50 Å². The molecule has 0 bridgehead atoms. The van der Waals surface area contributed by atoms with Gasteiger partial charge in [-0.2, -0.15) is 0 Å². The first kappa shape index (κ1) is 16.4. The fraction of sp³-hybridized carbons (Fsp3) is 0.647. The van der Waals surface area contributed by atoms with Gasteiger partial charge in [0.2, 0.25) is 0 Å². The normalized spacial score (nSPS) is 27.2. The van der Waals surface area contributed by atoms with Crippen LogP contribution in [0.4, 0.5) is 4.39 Å². The molecule has 1 aliphatic heterocycles. The zero-order chi connectivity index (χ0) is 15.8. The molecule has 0 saturated carbocycles. The number of aliphatic hydroxyl groups is 1. The second-order valence-electron chi connectivity index (χ2n) is 7.15. The number of ether oxygens (including phenoxy) is 1. The topological polar surface area (TPSA) is 32.7 Å². The van der Waals surface area contributed by atoms with Crippen LogP contribution in [0.5, 0.6) is 0 Å². The molecule has 3 nitrogen and oxygen atoms in total. The summed E-state index contributed by atoms with van der Waals surface area (Å²) in [7, 11) is 1.94. The van der Waals surface area contributed by atoms with E-state index in [0.29, 0.717) is 18.7 Å². The summed E-state index contributed by atoms with van der Waals surface area (Å²) in [5.41, 5.74) is -0.273. The first-order valence-corrected chi connectivity index (χ1v) is 7.43. The van der Waals surface area contributed by atoms with Gasteiger partial charge in [0.1, 0.15) is 5.82 Å². The molecular weight excluding hydrogens is 269 g/mol. The Balaban J connectivity index is 2.06. The molecule has 0 amide bonds. The van der Waals surface area contributed by atoms with Crippen molar-refractivity contribution in [3.63, 3.8) is 0 Å². The predicted molar refractivity (Wildman–Crippen MR) is 81.5 cm³/mol. The molecule has 1 fully saturated rings. The van der Waals surface area contributed by atoms with E-state index in [1.807, 2.05) is 45.7 Å². The van der Waals surface area contributed by atoms with Gasteiger partial charge in [0.25, 0.3) is 0 Å². The number of nitrogens with zero attached hydrogens (tertiary/aromatic N) is 1. The third-order valence-electron chi connectivity index (χ3n) is 4.42. The fourth-order valence-electron chi connectivity index (χ4n) is 3.32. The second-order valence-corrected chi connectivity index (χ2v) is 7.15. The molecule has 1 aliphatic rings. The second kappa shape index (κ2) is 5.67. The van der Waals surface area contributed by atoms with Gasteiger partial charge in [-0.15, -0.1) is 0 Å². The quantitative estimate of drug-likeness (QED) is 0.927. The maximum Gasteiger partial charge on any atom is 0.127 e. The van der Waals surface area contributed by atoms with E-state index in [1.165, 1.54) is 6.07 Å². The van der Waals surface area contributed by atoms with Gasteiger partial charge in [0, 0.05) is 24.6 Å². The van der Waals surface area contributed by atoms with E-state index in [1.54, 1.807) is 12.1 Å². The average Bonchev–Trinajstić information content (AvgIpc) is 2.50. The Morgan fingerprint density at radius 1 is 1.19 bits per heavy atom. The highest BCUT2D eigenvalue weighted by Crippen LogP contribution is 2.42. The van der Waals surface area contributed by atoms with Crippen LogP contribution in [0.2, 0.25) is 0 Å². The van der Waals surface area contributed by atoms with Crippen LogP contribution in [0.1, 0.15) is 33.3 Å². The molecule has 118 valence electrons. The van der Waals surface area contributed by atoms with E-state index in [0.717, 1.165) is 0 Å². The molecular formula is C17H26FNO2. The third-order valence-corrected chi connectivity index (χ3v) is 4.42. The number of benzene rings is 1. The van der Waals surface area contributed by atoms with Crippen LogP contribution in [0.25, 0.3) is 0 Å². The molecule has 1 N–H and O–H groups in total. The summed E-state index contributed by atoms with van der Waals surface area (Å²) in [5, 5.41) is 10.5. The van der Waals surface area contributed by atoms with Gasteiger partial charge in [-0.3, -0.25) is 0 Å². The minimum atomic E-state index is -0.549. The molecule has 0 radical (unpaired) electrons. The number of hydrogen-bond donors (Lipinski definition) is 1. The summed E-state index contributed by atoms with van der Waals surface area (Å²) in [6.45, 7) is 9.02. The highest BCUT2D eigenvalue weighted by molar-refractivity contribution is 5.17. The summed E-state index contributed by atoms with van der Waals surface area (Å²) in [5.74, 6) is -0.198. The Kier molecular flexibility index (Phi) is 4.43. The first-order valence-electron chi connectivity index (χ1n) is 7.43. The van der Waals surface area contributed by atoms with Crippen molar-refractivity contribution in [2.75, 3.05) is 13.6 Å². The number of aliphatic hydroxyl groups excluding tert-OH is 1. The fourth-order valence-corrected chi connectivity index (χ4v) is 3.32. The molecule has 1 aromatic rings. The Morgan fingerprint density at radius 2 is 1.81 bits per heavy atom. The highest BCUT2D eigenvalue weighted by Gasteiger charge is 2.53. The Morgan fingerprint density at radius 3 is 2.33 bits per heavy atom. The van der Waals surface area contributed by atoms with Gasteiger partial charge in [-0.05, 0) is 40.8 Å². The van der Waals surface area contributed by atoms with Crippen LogP contribution in [0, 0.1) is 11.7 Å². The van der Waals surface area contributed by atoms with Crippen LogP contribution in [0.3, 0.4) is 0 Å². The molecule has 0 spiro atoms. The van der Waals surface area contributed by atoms with Crippen molar-refractivity contribution in [1.82, 2.24) is 4.90 Å². The van der Waals surface area contributed by atoms with Crippen molar-refractivity contribution < 1.29 is 14.2 Å². The highest BCUT2D eigenvalue weighted by atomic mass is 19.1. The van der Waals surface area contributed by atoms with Crippen molar-refractivity contribution in [3.05, 3.63) is 35.6 Å². The zero-order valence-corrected chi connectivity index (χ0v) is 13.6. The lowest BCUT2D eigenvalue weighted by Crippen LogP contribution is -2.42. The van der Waals surface area contributed by atoms with Crippen LogP contribution < -0.4 is 0 Å². The Hall–Kier alpha value is -0.970. The van der Waals surface area contributed by atoms with E-state index >= 15 is 0 Å². The van der Waals surface area contributed by atoms with Gasteiger partial charge in [-0.1, -0.05) is 18.2 Å². The van der Waals surface area contributed by atoms with Crippen LogP contribution in [0.15, 0.2) is 24.3 Å². The lowest BCUT2D eigenvalue weighted by Gasteiger charge is -2.30. The van der Waals surface area contributed by atoms with Gasteiger partial charge in [-0.25, -0.2) is 4.39 Å². The Labute approximate surface area is 126 Å². The van der Waals surface area contributed by atoms with Crippen molar-refractivity contribution in [2.45, 2.75) is 51.5 Å². The molecule has 21 heavy (non-hydrogen) atoms.